The van der Waals surface area contributed by atoms with Crippen molar-refractivity contribution in [3.8, 4) is 0 Å². The summed E-state index contributed by atoms with van der Waals surface area (Å²) in [4.78, 5) is 22.4. The summed E-state index contributed by atoms with van der Waals surface area (Å²) < 4.78 is 0. The van der Waals surface area contributed by atoms with Crippen molar-refractivity contribution in [1.82, 2.24) is 5.32 Å². The SMILES string of the molecule is C=CC=C(C=C)NC(=O)C1(C(=O)O)CC1. The van der Waals surface area contributed by atoms with Gasteiger partial charge in [-0.05, 0) is 25.0 Å². The number of rotatable bonds is 5. The summed E-state index contributed by atoms with van der Waals surface area (Å²) in [5.74, 6) is -1.55. The largest absolute Gasteiger partial charge is 0.480 e. The van der Waals surface area contributed by atoms with Gasteiger partial charge in [-0.2, -0.15) is 0 Å². The molecule has 0 radical (unpaired) electrons. The van der Waals surface area contributed by atoms with Crippen LogP contribution in [0.15, 0.2) is 37.1 Å². The standard InChI is InChI=1S/C11H13NO3/c1-3-5-8(4-2)12-9(13)11(6-7-11)10(14)15/h3-5H,1-2,6-7H2,(H,12,13)(H,14,15). The lowest BCUT2D eigenvalue weighted by atomic mass is 10.1. The summed E-state index contributed by atoms with van der Waals surface area (Å²) >= 11 is 0. The number of carboxylic acids is 1. The number of hydrogen-bond acceptors (Lipinski definition) is 2. The molecule has 0 aromatic rings. The molecular weight excluding hydrogens is 194 g/mol. The summed E-state index contributed by atoms with van der Waals surface area (Å²) in [5.41, 5.74) is -0.758. The number of carbonyl (C=O) groups is 2. The van der Waals surface area contributed by atoms with Gasteiger partial charge in [-0.1, -0.05) is 19.2 Å². The summed E-state index contributed by atoms with van der Waals surface area (Å²) in [6, 6.07) is 0. The van der Waals surface area contributed by atoms with E-state index in [2.05, 4.69) is 18.5 Å². The molecule has 0 saturated heterocycles. The van der Waals surface area contributed by atoms with Gasteiger partial charge in [0.2, 0.25) is 5.91 Å². The molecule has 2 N–H and O–H groups in total. The highest BCUT2D eigenvalue weighted by Gasteiger charge is 2.57. The quantitative estimate of drug-likeness (QED) is 0.526. The zero-order valence-electron chi connectivity index (χ0n) is 8.32. The van der Waals surface area contributed by atoms with Gasteiger partial charge in [0, 0.05) is 5.70 Å². The number of nitrogens with one attached hydrogen (secondary N) is 1. The molecule has 1 aliphatic rings. The summed E-state index contributed by atoms with van der Waals surface area (Å²) in [6.07, 6.45) is 5.29. The van der Waals surface area contributed by atoms with E-state index in [-0.39, 0.29) is 0 Å². The third-order valence-electron chi connectivity index (χ3n) is 2.37. The van der Waals surface area contributed by atoms with E-state index in [0.717, 1.165) is 0 Å². The third kappa shape index (κ3) is 2.15. The Bertz CT molecular complexity index is 351. The van der Waals surface area contributed by atoms with Gasteiger partial charge >= 0.3 is 5.97 Å². The molecule has 0 spiro atoms. The Labute approximate surface area is 88.0 Å². The molecule has 15 heavy (non-hydrogen) atoms. The minimum absolute atomic E-state index is 0.396. The molecular formula is C11H13NO3. The van der Waals surface area contributed by atoms with E-state index in [0.29, 0.717) is 18.5 Å². The normalized spacial score (nSPS) is 17.7. The molecule has 1 saturated carbocycles. The van der Waals surface area contributed by atoms with E-state index in [1.807, 2.05) is 0 Å². The first-order valence-electron chi connectivity index (χ1n) is 4.57. The maximum atomic E-state index is 11.6. The number of amides is 1. The zero-order chi connectivity index (χ0) is 11.5. The first-order valence-corrected chi connectivity index (χ1v) is 4.57. The van der Waals surface area contributed by atoms with Gasteiger partial charge in [0.1, 0.15) is 5.41 Å². The smallest absolute Gasteiger partial charge is 0.319 e. The van der Waals surface area contributed by atoms with Gasteiger partial charge in [0.25, 0.3) is 0 Å². The van der Waals surface area contributed by atoms with Gasteiger partial charge in [-0.15, -0.1) is 0 Å². The Morgan fingerprint density at radius 1 is 1.33 bits per heavy atom. The minimum atomic E-state index is -1.22. The molecule has 0 atom stereocenters. The van der Waals surface area contributed by atoms with Crippen LogP contribution in [0.3, 0.4) is 0 Å². The van der Waals surface area contributed by atoms with Crippen molar-refractivity contribution < 1.29 is 14.7 Å². The average Bonchev–Trinajstić information content (AvgIpc) is 2.97. The minimum Gasteiger partial charge on any atom is -0.480 e. The van der Waals surface area contributed by atoms with Crippen molar-refractivity contribution in [3.05, 3.63) is 37.1 Å². The Hall–Kier alpha value is -1.84. The van der Waals surface area contributed by atoms with Crippen molar-refractivity contribution in [2.45, 2.75) is 12.8 Å². The van der Waals surface area contributed by atoms with E-state index in [9.17, 15) is 9.59 Å². The maximum absolute atomic E-state index is 11.6. The third-order valence-corrected chi connectivity index (χ3v) is 2.37. The van der Waals surface area contributed by atoms with E-state index in [1.165, 1.54) is 12.2 Å². The van der Waals surface area contributed by atoms with E-state index < -0.39 is 17.3 Å². The van der Waals surface area contributed by atoms with Gasteiger partial charge in [-0.25, -0.2) is 0 Å². The molecule has 1 fully saturated rings. The molecule has 1 aliphatic carbocycles. The highest BCUT2D eigenvalue weighted by Crippen LogP contribution is 2.46. The van der Waals surface area contributed by atoms with Crippen molar-refractivity contribution in [3.63, 3.8) is 0 Å². The monoisotopic (exact) mass is 207 g/mol. The molecule has 80 valence electrons. The lowest BCUT2D eigenvalue weighted by Gasteiger charge is -2.10. The second-order valence-electron chi connectivity index (χ2n) is 3.40. The molecule has 0 heterocycles. The highest BCUT2D eigenvalue weighted by molar-refractivity contribution is 6.05. The second kappa shape index (κ2) is 4.13. The maximum Gasteiger partial charge on any atom is 0.319 e. The van der Waals surface area contributed by atoms with Crippen molar-refractivity contribution in [2.24, 2.45) is 5.41 Å². The molecule has 0 aromatic heterocycles. The van der Waals surface area contributed by atoms with Crippen molar-refractivity contribution >= 4 is 11.9 Å². The second-order valence-corrected chi connectivity index (χ2v) is 3.40. The van der Waals surface area contributed by atoms with Crippen LogP contribution in [-0.2, 0) is 9.59 Å². The van der Waals surface area contributed by atoms with Crippen LogP contribution < -0.4 is 5.32 Å². The fourth-order valence-electron chi connectivity index (χ4n) is 1.20. The van der Waals surface area contributed by atoms with Crippen molar-refractivity contribution in [2.75, 3.05) is 0 Å². The van der Waals surface area contributed by atoms with Crippen LogP contribution in [0, 0.1) is 5.41 Å². The molecule has 1 rings (SSSR count). The Kier molecular flexibility index (Phi) is 3.09. The van der Waals surface area contributed by atoms with Crippen molar-refractivity contribution in [1.29, 1.82) is 0 Å². The average molecular weight is 207 g/mol. The van der Waals surface area contributed by atoms with E-state index in [4.69, 9.17) is 5.11 Å². The molecule has 4 nitrogen and oxygen atoms in total. The van der Waals surface area contributed by atoms with Gasteiger partial charge in [0.05, 0.1) is 0 Å². The number of hydrogen-bond donors (Lipinski definition) is 2. The Balaban J connectivity index is 2.71. The topological polar surface area (TPSA) is 66.4 Å². The molecule has 0 unspecified atom stereocenters. The highest BCUT2D eigenvalue weighted by atomic mass is 16.4. The van der Waals surface area contributed by atoms with E-state index in [1.54, 1.807) is 6.08 Å². The first-order chi connectivity index (χ1) is 7.06. The van der Waals surface area contributed by atoms with Crippen LogP contribution in [0.4, 0.5) is 0 Å². The molecule has 0 aromatic carbocycles. The Morgan fingerprint density at radius 2 is 1.93 bits per heavy atom. The lowest BCUT2D eigenvalue weighted by Crippen LogP contribution is -2.36. The predicted molar refractivity (Wildman–Crippen MR) is 55.9 cm³/mol. The predicted octanol–water partition coefficient (Wildman–Crippen LogP) is 1.22. The molecule has 0 bridgehead atoms. The zero-order valence-corrected chi connectivity index (χ0v) is 8.32. The van der Waals surface area contributed by atoms with Crippen LogP contribution in [0.25, 0.3) is 0 Å². The lowest BCUT2D eigenvalue weighted by molar-refractivity contribution is -0.148. The fraction of sp³-hybridized carbons (Fsp3) is 0.273. The van der Waals surface area contributed by atoms with Crippen LogP contribution in [0.1, 0.15) is 12.8 Å². The number of allylic oxidation sites excluding steroid dienone is 3. The Morgan fingerprint density at radius 3 is 2.27 bits per heavy atom. The number of aliphatic carboxylic acids is 1. The van der Waals surface area contributed by atoms with Crippen LogP contribution in [0.2, 0.25) is 0 Å². The number of carbonyl (C=O) groups excluding carboxylic acids is 1. The molecule has 0 aliphatic heterocycles. The van der Waals surface area contributed by atoms with Gasteiger partial charge in [0.15, 0.2) is 0 Å². The van der Waals surface area contributed by atoms with E-state index >= 15 is 0 Å². The van der Waals surface area contributed by atoms with Crippen LogP contribution >= 0.6 is 0 Å². The molecule has 1 amide bonds. The fourth-order valence-corrected chi connectivity index (χ4v) is 1.20. The van der Waals surface area contributed by atoms with Crippen LogP contribution in [0.5, 0.6) is 0 Å². The van der Waals surface area contributed by atoms with Gasteiger partial charge in [-0.3, -0.25) is 9.59 Å². The first kappa shape index (κ1) is 11.2. The summed E-state index contributed by atoms with van der Waals surface area (Å²) in [7, 11) is 0. The van der Waals surface area contributed by atoms with Gasteiger partial charge < -0.3 is 10.4 Å². The molecule has 4 heteroatoms. The number of carboxylic acid groups (broad SMARTS) is 1. The van der Waals surface area contributed by atoms with Crippen LogP contribution in [-0.4, -0.2) is 17.0 Å². The summed E-state index contributed by atoms with van der Waals surface area (Å²) in [6.45, 7) is 6.98. The summed E-state index contributed by atoms with van der Waals surface area (Å²) in [5, 5.41) is 11.4.